The lowest BCUT2D eigenvalue weighted by Crippen LogP contribution is -2.43. The third-order valence-corrected chi connectivity index (χ3v) is 6.53. The van der Waals surface area contributed by atoms with Crippen molar-refractivity contribution in [3.05, 3.63) is 51.5 Å². The lowest BCUT2D eigenvalue weighted by molar-refractivity contribution is -0.138. The average molecular weight is 397 g/mol. The van der Waals surface area contributed by atoms with Crippen molar-refractivity contribution in [3.63, 3.8) is 0 Å². The van der Waals surface area contributed by atoms with Gasteiger partial charge in [0.15, 0.2) is 0 Å². The van der Waals surface area contributed by atoms with Crippen LogP contribution in [0.3, 0.4) is 0 Å². The van der Waals surface area contributed by atoms with E-state index >= 15 is 0 Å². The molecule has 0 saturated carbocycles. The van der Waals surface area contributed by atoms with E-state index < -0.39 is 0 Å². The molecule has 1 unspecified atom stereocenters. The van der Waals surface area contributed by atoms with Gasteiger partial charge in [0.25, 0.3) is 5.91 Å². The number of carbonyl (C=O) groups excluding carboxylic acids is 2. The number of likely N-dealkylation sites (tertiary alicyclic amines) is 1. The largest absolute Gasteiger partial charge is 0.338 e. The summed E-state index contributed by atoms with van der Waals surface area (Å²) in [6.45, 7) is 4.99. The number of aromatic nitrogens is 1. The Morgan fingerprint density at radius 2 is 1.82 bits per heavy atom. The van der Waals surface area contributed by atoms with Gasteiger partial charge in [-0.1, -0.05) is 30.3 Å². The van der Waals surface area contributed by atoms with Gasteiger partial charge in [-0.25, -0.2) is 9.99 Å². The summed E-state index contributed by atoms with van der Waals surface area (Å²) in [5, 5.41) is 6.91. The first-order valence-electron chi connectivity index (χ1n) is 9.68. The molecule has 0 aliphatic carbocycles. The number of aryl methyl sites for hydroxylation is 2. The van der Waals surface area contributed by atoms with E-state index in [4.69, 9.17) is 0 Å². The van der Waals surface area contributed by atoms with Gasteiger partial charge in [0, 0.05) is 31.6 Å². The number of carbonyl (C=O) groups is 2. The fraction of sp³-hybridized carbons (Fsp3) is 0.429. The lowest BCUT2D eigenvalue weighted by atomic mass is 9.94. The summed E-state index contributed by atoms with van der Waals surface area (Å²) < 4.78 is 0. The zero-order valence-corrected chi connectivity index (χ0v) is 17.0. The molecule has 0 bridgehead atoms. The molecule has 1 atom stereocenters. The Balaban J connectivity index is 1.39. The summed E-state index contributed by atoms with van der Waals surface area (Å²) in [5.41, 5.74) is 1.90. The van der Waals surface area contributed by atoms with Crippen molar-refractivity contribution >= 4 is 29.4 Å². The number of nitrogens with zero attached hydrogens (tertiary/aromatic N) is 4. The van der Waals surface area contributed by atoms with E-state index in [9.17, 15) is 9.59 Å². The lowest BCUT2D eigenvalue weighted by Gasteiger charge is -2.33. The van der Waals surface area contributed by atoms with E-state index in [1.165, 1.54) is 11.3 Å². The summed E-state index contributed by atoms with van der Waals surface area (Å²) in [7, 11) is 0. The normalized spacial score (nSPS) is 20.0. The Bertz CT molecular complexity index is 900. The Labute approximate surface area is 168 Å². The van der Waals surface area contributed by atoms with Crippen LogP contribution in [0.15, 0.2) is 35.4 Å². The highest BCUT2D eigenvalue weighted by molar-refractivity contribution is 7.13. The standard InChI is InChI=1S/C21H24N4O2S/c1-14-19(28-15(2)23-14)21(27)24-12-9-17(10-13-24)20(26)25-18(8-11-22-25)16-6-4-3-5-7-16/h3-7,11,17-18H,8-10,12-13H2,1-2H3. The van der Waals surface area contributed by atoms with E-state index in [2.05, 4.69) is 10.1 Å². The SMILES string of the molecule is Cc1nc(C)c(C(=O)N2CCC(C(=O)N3N=CCC3c3ccccc3)CC2)s1. The van der Waals surface area contributed by atoms with Gasteiger partial charge in [-0.15, -0.1) is 11.3 Å². The van der Waals surface area contributed by atoms with Crippen LogP contribution in [0, 0.1) is 19.8 Å². The second kappa shape index (κ2) is 7.83. The zero-order chi connectivity index (χ0) is 19.7. The maximum Gasteiger partial charge on any atom is 0.265 e. The molecule has 146 valence electrons. The minimum Gasteiger partial charge on any atom is -0.338 e. The molecule has 2 aromatic rings. The molecule has 1 fully saturated rings. The van der Waals surface area contributed by atoms with Crippen LogP contribution in [0.4, 0.5) is 0 Å². The molecule has 2 aliphatic heterocycles. The van der Waals surface area contributed by atoms with Crippen molar-refractivity contribution in [1.82, 2.24) is 14.9 Å². The minimum absolute atomic E-state index is 0.0174. The predicted molar refractivity (Wildman–Crippen MR) is 109 cm³/mol. The van der Waals surface area contributed by atoms with E-state index in [1.54, 1.807) is 5.01 Å². The highest BCUT2D eigenvalue weighted by atomic mass is 32.1. The third-order valence-electron chi connectivity index (χ3n) is 5.47. The maximum atomic E-state index is 13.1. The van der Waals surface area contributed by atoms with Crippen molar-refractivity contribution < 1.29 is 9.59 Å². The molecule has 0 N–H and O–H groups in total. The van der Waals surface area contributed by atoms with Gasteiger partial charge in [0.05, 0.1) is 16.7 Å². The summed E-state index contributed by atoms with van der Waals surface area (Å²) in [6.07, 6.45) is 3.92. The Morgan fingerprint density at radius 3 is 2.46 bits per heavy atom. The van der Waals surface area contributed by atoms with Crippen molar-refractivity contribution in [2.24, 2.45) is 11.0 Å². The molecule has 1 aromatic carbocycles. The van der Waals surface area contributed by atoms with E-state index in [-0.39, 0.29) is 23.8 Å². The number of piperidine rings is 1. The van der Waals surface area contributed by atoms with Gasteiger partial charge in [-0.3, -0.25) is 9.59 Å². The summed E-state index contributed by atoms with van der Waals surface area (Å²) in [4.78, 5) is 32.8. The maximum absolute atomic E-state index is 13.1. The molecule has 7 heteroatoms. The molecule has 28 heavy (non-hydrogen) atoms. The first-order valence-corrected chi connectivity index (χ1v) is 10.5. The van der Waals surface area contributed by atoms with E-state index in [0.29, 0.717) is 25.9 Å². The van der Waals surface area contributed by atoms with Gasteiger partial charge < -0.3 is 4.90 Å². The summed E-state index contributed by atoms with van der Waals surface area (Å²) >= 11 is 1.44. The van der Waals surface area contributed by atoms with Gasteiger partial charge in [-0.2, -0.15) is 5.10 Å². The molecule has 1 saturated heterocycles. The molecule has 1 aromatic heterocycles. The van der Waals surface area contributed by atoms with Crippen LogP contribution in [-0.4, -0.2) is 46.0 Å². The quantitative estimate of drug-likeness (QED) is 0.797. The van der Waals surface area contributed by atoms with Gasteiger partial charge in [0.1, 0.15) is 4.88 Å². The van der Waals surface area contributed by atoms with Crippen LogP contribution < -0.4 is 0 Å². The van der Waals surface area contributed by atoms with Crippen LogP contribution in [0.5, 0.6) is 0 Å². The number of hydrazone groups is 1. The van der Waals surface area contributed by atoms with Crippen molar-refractivity contribution in [2.45, 2.75) is 39.2 Å². The predicted octanol–water partition coefficient (Wildman–Crippen LogP) is 3.57. The topological polar surface area (TPSA) is 65.9 Å². The average Bonchev–Trinajstić information content (AvgIpc) is 3.34. The van der Waals surface area contributed by atoms with Gasteiger partial charge in [-0.05, 0) is 32.3 Å². The number of rotatable bonds is 3. The first-order chi connectivity index (χ1) is 13.5. The molecular formula is C21H24N4O2S. The number of thiazole rings is 1. The van der Waals surface area contributed by atoms with Crippen LogP contribution >= 0.6 is 11.3 Å². The molecule has 0 spiro atoms. The number of hydrogen-bond donors (Lipinski definition) is 0. The Kier molecular flexibility index (Phi) is 5.26. The van der Waals surface area contributed by atoms with Crippen molar-refractivity contribution in [1.29, 1.82) is 0 Å². The van der Waals surface area contributed by atoms with E-state index in [0.717, 1.165) is 27.6 Å². The molecule has 2 aliphatic rings. The second-order valence-corrected chi connectivity index (χ2v) is 8.56. The highest BCUT2D eigenvalue weighted by Crippen LogP contribution is 2.32. The fourth-order valence-electron chi connectivity index (χ4n) is 3.97. The number of hydrogen-bond acceptors (Lipinski definition) is 5. The van der Waals surface area contributed by atoms with Gasteiger partial charge >= 0.3 is 0 Å². The van der Waals surface area contributed by atoms with Crippen LogP contribution in [0.25, 0.3) is 0 Å². The van der Waals surface area contributed by atoms with Gasteiger partial charge in [0.2, 0.25) is 5.91 Å². The van der Waals surface area contributed by atoms with Crippen LogP contribution in [-0.2, 0) is 4.79 Å². The second-order valence-electron chi connectivity index (χ2n) is 7.36. The number of benzene rings is 1. The van der Waals surface area contributed by atoms with E-state index in [1.807, 2.05) is 55.3 Å². The summed E-state index contributed by atoms with van der Waals surface area (Å²) in [6, 6.07) is 10.0. The smallest absolute Gasteiger partial charge is 0.265 e. The summed E-state index contributed by atoms with van der Waals surface area (Å²) in [5.74, 6) is 0.0182. The first kappa shape index (κ1) is 18.8. The Morgan fingerprint density at radius 1 is 1.11 bits per heavy atom. The molecule has 4 rings (SSSR count). The minimum atomic E-state index is -0.0881. The van der Waals surface area contributed by atoms with Crippen LogP contribution in [0.2, 0.25) is 0 Å². The molecule has 0 radical (unpaired) electrons. The van der Waals surface area contributed by atoms with Crippen molar-refractivity contribution in [3.8, 4) is 0 Å². The zero-order valence-electron chi connectivity index (χ0n) is 16.2. The molecule has 6 nitrogen and oxygen atoms in total. The molecular weight excluding hydrogens is 372 g/mol. The van der Waals surface area contributed by atoms with Crippen LogP contribution in [0.1, 0.15) is 51.2 Å². The number of amides is 2. The highest BCUT2D eigenvalue weighted by Gasteiger charge is 2.35. The molecule has 2 amide bonds. The fourth-order valence-corrected chi connectivity index (χ4v) is 4.86. The van der Waals surface area contributed by atoms with Crippen molar-refractivity contribution in [2.75, 3.05) is 13.1 Å². The third kappa shape index (κ3) is 3.58. The monoisotopic (exact) mass is 396 g/mol. The molecule has 3 heterocycles. The Hall–Kier alpha value is -2.54.